The van der Waals surface area contributed by atoms with Crippen LogP contribution < -0.4 is 16.0 Å². The van der Waals surface area contributed by atoms with Crippen LogP contribution in [-0.2, 0) is 6.54 Å². The van der Waals surface area contributed by atoms with Crippen LogP contribution in [-0.4, -0.2) is 34.7 Å². The number of hydrogen-bond donors (Lipinski definition) is 4. The topological polar surface area (TPSA) is 94.7 Å². The molecule has 3 aromatic rings. The fourth-order valence-electron chi connectivity index (χ4n) is 4.33. The van der Waals surface area contributed by atoms with Crippen LogP contribution in [0, 0.1) is 0 Å². The van der Waals surface area contributed by atoms with Crippen LogP contribution in [0.25, 0.3) is 5.57 Å². The molecule has 0 radical (unpaired) electrons. The number of benzene rings is 2. The Morgan fingerprint density at radius 2 is 2.03 bits per heavy atom. The van der Waals surface area contributed by atoms with Gasteiger partial charge in [-0.05, 0) is 35.9 Å². The first kappa shape index (κ1) is 17.6. The number of carbonyl (C=O) groups excluding carboxylic acids is 1. The highest BCUT2D eigenvalue weighted by Gasteiger charge is 2.38. The molecule has 2 aliphatic heterocycles. The van der Waals surface area contributed by atoms with Crippen molar-refractivity contribution in [2.75, 3.05) is 18.9 Å². The summed E-state index contributed by atoms with van der Waals surface area (Å²) in [7, 11) is 1.94. The van der Waals surface area contributed by atoms with E-state index in [4.69, 9.17) is 0 Å². The lowest BCUT2D eigenvalue weighted by Gasteiger charge is -2.36. The zero-order chi connectivity index (χ0) is 19.8. The van der Waals surface area contributed by atoms with E-state index in [9.17, 15) is 4.79 Å². The Bertz CT molecular complexity index is 1070. The van der Waals surface area contributed by atoms with Crippen molar-refractivity contribution in [1.29, 1.82) is 0 Å². The molecular formula is C22H22N6O. The molecule has 0 aliphatic carbocycles. The van der Waals surface area contributed by atoms with Crippen LogP contribution in [0.1, 0.15) is 44.8 Å². The van der Waals surface area contributed by atoms with Crippen LogP contribution in [0.4, 0.5) is 5.69 Å². The van der Waals surface area contributed by atoms with E-state index < -0.39 is 0 Å². The predicted octanol–water partition coefficient (Wildman–Crippen LogP) is 2.60. The molecule has 1 aromatic heterocycles. The van der Waals surface area contributed by atoms with Gasteiger partial charge in [-0.25, -0.2) is 4.98 Å². The fraction of sp³-hybridized carbons (Fsp3) is 0.227. The van der Waals surface area contributed by atoms with Crippen molar-refractivity contribution in [2.45, 2.75) is 18.5 Å². The third kappa shape index (κ3) is 3.00. The van der Waals surface area contributed by atoms with Crippen molar-refractivity contribution in [1.82, 2.24) is 25.8 Å². The minimum atomic E-state index is -0.0889. The second kappa shape index (κ2) is 7.18. The maximum atomic E-state index is 12.6. The summed E-state index contributed by atoms with van der Waals surface area (Å²) in [5, 5.41) is 17.0. The molecule has 3 heterocycles. The highest BCUT2D eigenvalue weighted by atomic mass is 16.1. The molecule has 0 bridgehead atoms. The molecule has 0 fully saturated rings. The maximum Gasteiger partial charge on any atom is 0.252 e. The summed E-state index contributed by atoms with van der Waals surface area (Å²) < 4.78 is 0. The van der Waals surface area contributed by atoms with Crippen LogP contribution in [0.2, 0.25) is 0 Å². The van der Waals surface area contributed by atoms with E-state index in [2.05, 4.69) is 61.5 Å². The van der Waals surface area contributed by atoms with E-state index in [0.717, 1.165) is 34.8 Å². The molecule has 0 saturated carbocycles. The molecule has 0 saturated heterocycles. The number of nitrogens with one attached hydrogen (secondary N) is 4. The van der Waals surface area contributed by atoms with Crippen molar-refractivity contribution in [2.24, 2.45) is 0 Å². The summed E-state index contributed by atoms with van der Waals surface area (Å²) in [6.45, 7) is 1.32. The first-order valence-corrected chi connectivity index (χ1v) is 9.73. The predicted molar refractivity (Wildman–Crippen MR) is 111 cm³/mol. The molecule has 0 spiro atoms. The maximum absolute atomic E-state index is 12.6. The highest BCUT2D eigenvalue weighted by Crippen LogP contribution is 2.49. The molecule has 4 N–H and O–H groups in total. The van der Waals surface area contributed by atoms with E-state index in [0.29, 0.717) is 12.1 Å². The van der Waals surface area contributed by atoms with E-state index in [-0.39, 0.29) is 17.9 Å². The van der Waals surface area contributed by atoms with Gasteiger partial charge >= 0.3 is 0 Å². The average Bonchev–Trinajstić information content (AvgIpc) is 3.22. The number of rotatable bonds is 4. The summed E-state index contributed by atoms with van der Waals surface area (Å²) in [5.74, 6) is 0.637. The van der Waals surface area contributed by atoms with Crippen molar-refractivity contribution in [3.8, 4) is 0 Å². The molecule has 2 aromatic carbocycles. The second-order valence-electron chi connectivity index (χ2n) is 7.34. The molecule has 2 aliphatic rings. The van der Waals surface area contributed by atoms with Gasteiger partial charge in [-0.15, -0.1) is 0 Å². The van der Waals surface area contributed by atoms with Gasteiger partial charge in [0.15, 0.2) is 0 Å². The van der Waals surface area contributed by atoms with Gasteiger partial charge in [-0.2, -0.15) is 5.10 Å². The van der Waals surface area contributed by atoms with Gasteiger partial charge in [0.2, 0.25) is 0 Å². The standard InChI is InChI=1S/C22H22N6O/c1-23-11-13-5-7-14(8-6-13)20-19(21-25-12-26-28-21)15-9-10-24-22(29)16-3-2-4-17(27-20)18(15)16/h2-9,12,19-20,23,27H,10-11H2,1H3,(H,24,29)(H,25,26,28). The minimum absolute atomic E-state index is 0.0335. The molecular weight excluding hydrogens is 364 g/mol. The molecule has 146 valence electrons. The van der Waals surface area contributed by atoms with Crippen LogP contribution in [0.15, 0.2) is 54.9 Å². The summed E-state index contributed by atoms with van der Waals surface area (Å²) in [4.78, 5) is 17.0. The molecule has 29 heavy (non-hydrogen) atoms. The first-order valence-electron chi connectivity index (χ1n) is 9.73. The first-order chi connectivity index (χ1) is 14.3. The molecule has 2 unspecified atom stereocenters. The lowest BCUT2D eigenvalue weighted by atomic mass is 9.77. The Balaban J connectivity index is 1.67. The van der Waals surface area contributed by atoms with Crippen LogP contribution in [0.3, 0.4) is 0 Å². The Hall–Kier alpha value is -3.45. The van der Waals surface area contributed by atoms with E-state index in [1.54, 1.807) is 0 Å². The summed E-state index contributed by atoms with van der Waals surface area (Å²) in [6.07, 6.45) is 3.63. The zero-order valence-electron chi connectivity index (χ0n) is 16.1. The summed E-state index contributed by atoms with van der Waals surface area (Å²) in [6, 6.07) is 14.4. The number of hydrogen-bond acceptors (Lipinski definition) is 5. The average molecular weight is 386 g/mol. The Kier molecular flexibility index (Phi) is 4.37. The number of H-pyrrole nitrogens is 1. The Morgan fingerprint density at radius 3 is 2.79 bits per heavy atom. The van der Waals surface area contributed by atoms with E-state index in [1.165, 1.54) is 11.9 Å². The highest BCUT2D eigenvalue weighted by molar-refractivity contribution is 6.04. The third-order valence-electron chi connectivity index (χ3n) is 5.61. The van der Waals surface area contributed by atoms with Crippen LogP contribution >= 0.6 is 0 Å². The van der Waals surface area contributed by atoms with Gasteiger partial charge in [0.05, 0.1) is 12.0 Å². The number of amides is 1. The SMILES string of the molecule is CNCc1ccc(C2Nc3cccc4c3C(=CCNC4=O)C2c2ncn[nH]2)cc1. The van der Waals surface area contributed by atoms with Gasteiger partial charge in [0.1, 0.15) is 12.2 Å². The molecule has 5 rings (SSSR count). The quantitative estimate of drug-likeness (QED) is 0.553. The number of carbonyl (C=O) groups is 1. The Labute approximate surface area is 168 Å². The van der Waals surface area contributed by atoms with Crippen molar-refractivity contribution in [3.63, 3.8) is 0 Å². The van der Waals surface area contributed by atoms with Gasteiger partial charge in [0.25, 0.3) is 5.91 Å². The molecule has 2 atom stereocenters. The smallest absolute Gasteiger partial charge is 0.252 e. The number of nitrogens with zero attached hydrogens (tertiary/aromatic N) is 2. The number of aromatic nitrogens is 3. The second-order valence-corrected chi connectivity index (χ2v) is 7.34. The van der Waals surface area contributed by atoms with Crippen molar-refractivity contribution >= 4 is 17.2 Å². The van der Waals surface area contributed by atoms with E-state index in [1.807, 2.05) is 25.2 Å². The number of aromatic amines is 1. The third-order valence-corrected chi connectivity index (χ3v) is 5.61. The summed E-state index contributed by atoms with van der Waals surface area (Å²) >= 11 is 0. The van der Waals surface area contributed by atoms with Gasteiger partial charge in [-0.1, -0.05) is 36.4 Å². The monoisotopic (exact) mass is 386 g/mol. The van der Waals surface area contributed by atoms with Gasteiger partial charge in [0, 0.05) is 29.9 Å². The Morgan fingerprint density at radius 1 is 1.17 bits per heavy atom. The van der Waals surface area contributed by atoms with Gasteiger partial charge < -0.3 is 16.0 Å². The van der Waals surface area contributed by atoms with Gasteiger partial charge in [-0.3, -0.25) is 9.89 Å². The largest absolute Gasteiger partial charge is 0.377 e. The van der Waals surface area contributed by atoms with Crippen molar-refractivity contribution < 1.29 is 4.79 Å². The van der Waals surface area contributed by atoms with E-state index >= 15 is 0 Å². The fourth-order valence-corrected chi connectivity index (χ4v) is 4.33. The number of anilines is 1. The molecule has 7 heteroatoms. The zero-order valence-corrected chi connectivity index (χ0v) is 16.1. The summed E-state index contributed by atoms with van der Waals surface area (Å²) in [5.41, 5.74) is 6.08. The lowest BCUT2D eigenvalue weighted by Crippen LogP contribution is -2.28. The lowest BCUT2D eigenvalue weighted by molar-refractivity contribution is 0.0958. The van der Waals surface area contributed by atoms with Crippen molar-refractivity contribution in [3.05, 3.63) is 82.9 Å². The normalized spacial score (nSPS) is 20.2. The minimum Gasteiger partial charge on any atom is -0.377 e. The van der Waals surface area contributed by atoms with Crippen LogP contribution in [0.5, 0.6) is 0 Å². The molecule has 1 amide bonds. The molecule has 7 nitrogen and oxygen atoms in total.